The highest BCUT2D eigenvalue weighted by Crippen LogP contribution is 2.19. The second-order valence-corrected chi connectivity index (χ2v) is 4.52. The Balaban J connectivity index is 2.69. The Bertz CT molecular complexity index is 334. The SMILES string of the molecule is COC(C)(C)CCc1cc(C)cnc1N. The molecule has 0 atom stereocenters. The van der Waals surface area contributed by atoms with Crippen LogP contribution in [0.1, 0.15) is 31.4 Å². The minimum Gasteiger partial charge on any atom is -0.383 e. The van der Waals surface area contributed by atoms with Gasteiger partial charge in [-0.25, -0.2) is 4.98 Å². The third-order valence-corrected chi connectivity index (χ3v) is 2.69. The van der Waals surface area contributed by atoms with Crippen molar-refractivity contribution in [3.05, 3.63) is 23.4 Å². The summed E-state index contributed by atoms with van der Waals surface area (Å²) in [6, 6.07) is 2.09. The van der Waals surface area contributed by atoms with E-state index in [2.05, 4.69) is 24.9 Å². The van der Waals surface area contributed by atoms with Crippen LogP contribution in [0.4, 0.5) is 5.82 Å². The molecule has 2 N–H and O–H groups in total. The van der Waals surface area contributed by atoms with Gasteiger partial charge in [0.1, 0.15) is 5.82 Å². The Morgan fingerprint density at radius 3 is 2.73 bits per heavy atom. The summed E-state index contributed by atoms with van der Waals surface area (Å²) in [5.41, 5.74) is 7.97. The third-order valence-electron chi connectivity index (χ3n) is 2.69. The summed E-state index contributed by atoms with van der Waals surface area (Å²) in [5, 5.41) is 0. The van der Waals surface area contributed by atoms with Crippen molar-refractivity contribution >= 4 is 5.82 Å². The van der Waals surface area contributed by atoms with E-state index in [1.807, 2.05) is 6.92 Å². The van der Waals surface area contributed by atoms with Crippen molar-refractivity contribution in [1.29, 1.82) is 0 Å². The van der Waals surface area contributed by atoms with E-state index < -0.39 is 0 Å². The fourth-order valence-electron chi connectivity index (χ4n) is 1.38. The molecule has 1 aromatic heterocycles. The molecular formula is C12H20N2O. The highest BCUT2D eigenvalue weighted by Gasteiger charge is 2.16. The number of hydrogen-bond donors (Lipinski definition) is 1. The second kappa shape index (κ2) is 4.62. The molecule has 0 aliphatic rings. The number of anilines is 1. The topological polar surface area (TPSA) is 48.1 Å². The Morgan fingerprint density at radius 1 is 1.47 bits per heavy atom. The van der Waals surface area contributed by atoms with E-state index in [1.165, 1.54) is 0 Å². The number of aromatic nitrogens is 1. The van der Waals surface area contributed by atoms with Crippen LogP contribution in [-0.2, 0) is 11.2 Å². The predicted molar refractivity (Wildman–Crippen MR) is 62.8 cm³/mol. The van der Waals surface area contributed by atoms with Crippen LogP contribution in [0.2, 0.25) is 0 Å². The van der Waals surface area contributed by atoms with Gasteiger partial charge in [-0.05, 0) is 44.7 Å². The monoisotopic (exact) mass is 208 g/mol. The summed E-state index contributed by atoms with van der Waals surface area (Å²) in [6.07, 6.45) is 3.64. The predicted octanol–water partition coefficient (Wildman–Crippen LogP) is 2.33. The van der Waals surface area contributed by atoms with Crippen molar-refractivity contribution in [2.24, 2.45) is 0 Å². The molecule has 84 valence electrons. The summed E-state index contributed by atoms with van der Waals surface area (Å²) in [4.78, 5) is 4.14. The van der Waals surface area contributed by atoms with E-state index in [4.69, 9.17) is 10.5 Å². The molecule has 0 radical (unpaired) electrons. The van der Waals surface area contributed by atoms with Gasteiger partial charge in [0.15, 0.2) is 0 Å². The molecule has 0 aliphatic heterocycles. The van der Waals surface area contributed by atoms with E-state index in [1.54, 1.807) is 13.3 Å². The zero-order valence-electron chi connectivity index (χ0n) is 10.0. The standard InChI is InChI=1S/C12H20N2O/c1-9-7-10(11(13)14-8-9)5-6-12(2,3)15-4/h7-8H,5-6H2,1-4H3,(H2,13,14). The number of ether oxygens (including phenoxy) is 1. The number of nitrogens with zero attached hydrogens (tertiary/aromatic N) is 1. The van der Waals surface area contributed by atoms with Gasteiger partial charge < -0.3 is 10.5 Å². The molecule has 0 saturated carbocycles. The van der Waals surface area contributed by atoms with Gasteiger partial charge in [-0.2, -0.15) is 0 Å². The molecule has 0 fully saturated rings. The first-order valence-corrected chi connectivity index (χ1v) is 5.21. The first-order valence-electron chi connectivity index (χ1n) is 5.21. The quantitative estimate of drug-likeness (QED) is 0.826. The molecule has 3 nitrogen and oxygen atoms in total. The summed E-state index contributed by atoms with van der Waals surface area (Å²) in [6.45, 7) is 6.18. The van der Waals surface area contributed by atoms with Crippen molar-refractivity contribution in [3.63, 3.8) is 0 Å². The van der Waals surface area contributed by atoms with Gasteiger partial charge in [-0.15, -0.1) is 0 Å². The van der Waals surface area contributed by atoms with E-state index >= 15 is 0 Å². The van der Waals surface area contributed by atoms with Crippen molar-refractivity contribution in [3.8, 4) is 0 Å². The van der Waals surface area contributed by atoms with E-state index in [0.717, 1.165) is 24.0 Å². The van der Waals surface area contributed by atoms with Crippen LogP contribution in [-0.4, -0.2) is 17.7 Å². The first-order chi connectivity index (χ1) is 6.94. The molecular weight excluding hydrogens is 188 g/mol. The summed E-state index contributed by atoms with van der Waals surface area (Å²) < 4.78 is 5.37. The average Bonchev–Trinajstić information content (AvgIpc) is 2.20. The molecule has 0 saturated heterocycles. The molecule has 1 aromatic rings. The number of pyridine rings is 1. The van der Waals surface area contributed by atoms with E-state index in [-0.39, 0.29) is 5.60 Å². The smallest absolute Gasteiger partial charge is 0.126 e. The number of nitrogens with two attached hydrogens (primary N) is 1. The number of methoxy groups -OCH3 is 1. The van der Waals surface area contributed by atoms with Crippen LogP contribution in [0.15, 0.2) is 12.3 Å². The number of aryl methyl sites for hydroxylation is 2. The number of rotatable bonds is 4. The summed E-state index contributed by atoms with van der Waals surface area (Å²) in [7, 11) is 1.73. The molecule has 3 heteroatoms. The fraction of sp³-hybridized carbons (Fsp3) is 0.583. The van der Waals surface area contributed by atoms with Gasteiger partial charge in [0, 0.05) is 13.3 Å². The van der Waals surface area contributed by atoms with Gasteiger partial charge in [0.2, 0.25) is 0 Å². The Hall–Kier alpha value is -1.09. The zero-order chi connectivity index (χ0) is 11.5. The van der Waals surface area contributed by atoms with E-state index in [9.17, 15) is 0 Å². The van der Waals surface area contributed by atoms with Crippen LogP contribution in [0.5, 0.6) is 0 Å². The lowest BCUT2D eigenvalue weighted by molar-refractivity contribution is 0.0158. The minimum absolute atomic E-state index is 0.101. The largest absolute Gasteiger partial charge is 0.383 e. The van der Waals surface area contributed by atoms with Crippen LogP contribution in [0, 0.1) is 6.92 Å². The highest BCUT2D eigenvalue weighted by atomic mass is 16.5. The maximum atomic E-state index is 5.81. The van der Waals surface area contributed by atoms with Gasteiger partial charge in [-0.1, -0.05) is 6.07 Å². The molecule has 0 bridgehead atoms. The zero-order valence-corrected chi connectivity index (χ0v) is 10.0. The minimum atomic E-state index is -0.101. The molecule has 0 unspecified atom stereocenters. The maximum absolute atomic E-state index is 5.81. The maximum Gasteiger partial charge on any atom is 0.126 e. The van der Waals surface area contributed by atoms with E-state index in [0.29, 0.717) is 5.82 Å². The highest BCUT2D eigenvalue weighted by molar-refractivity contribution is 5.40. The lowest BCUT2D eigenvalue weighted by Gasteiger charge is -2.22. The molecule has 1 rings (SSSR count). The lowest BCUT2D eigenvalue weighted by atomic mass is 9.98. The summed E-state index contributed by atoms with van der Waals surface area (Å²) >= 11 is 0. The van der Waals surface area contributed by atoms with Gasteiger partial charge in [0.25, 0.3) is 0 Å². The van der Waals surface area contributed by atoms with Crippen molar-refractivity contribution in [1.82, 2.24) is 4.98 Å². The van der Waals surface area contributed by atoms with Crippen molar-refractivity contribution in [2.75, 3.05) is 12.8 Å². The Morgan fingerprint density at radius 2 is 2.13 bits per heavy atom. The molecule has 0 aromatic carbocycles. The second-order valence-electron chi connectivity index (χ2n) is 4.52. The first kappa shape index (κ1) is 12.0. The van der Waals surface area contributed by atoms with Gasteiger partial charge >= 0.3 is 0 Å². The molecule has 0 amide bonds. The Labute approximate surface area is 91.7 Å². The summed E-state index contributed by atoms with van der Waals surface area (Å²) in [5.74, 6) is 0.632. The lowest BCUT2D eigenvalue weighted by Crippen LogP contribution is -2.23. The molecule has 0 aliphatic carbocycles. The van der Waals surface area contributed by atoms with Gasteiger partial charge in [-0.3, -0.25) is 0 Å². The Kier molecular flexibility index (Phi) is 3.69. The van der Waals surface area contributed by atoms with Crippen molar-refractivity contribution < 1.29 is 4.74 Å². The van der Waals surface area contributed by atoms with Crippen LogP contribution >= 0.6 is 0 Å². The van der Waals surface area contributed by atoms with Crippen LogP contribution in [0.25, 0.3) is 0 Å². The van der Waals surface area contributed by atoms with Gasteiger partial charge in [0.05, 0.1) is 5.60 Å². The normalized spacial score (nSPS) is 11.7. The molecule has 15 heavy (non-hydrogen) atoms. The average molecular weight is 208 g/mol. The fourth-order valence-corrected chi connectivity index (χ4v) is 1.38. The molecule has 1 heterocycles. The number of nitrogen functional groups attached to an aromatic ring is 1. The third kappa shape index (κ3) is 3.51. The molecule has 0 spiro atoms. The van der Waals surface area contributed by atoms with Crippen molar-refractivity contribution in [2.45, 2.75) is 39.2 Å². The number of hydrogen-bond acceptors (Lipinski definition) is 3. The van der Waals surface area contributed by atoms with Crippen LogP contribution in [0.3, 0.4) is 0 Å². The van der Waals surface area contributed by atoms with Crippen LogP contribution < -0.4 is 5.73 Å².